The summed E-state index contributed by atoms with van der Waals surface area (Å²) in [7, 11) is 1.60. The van der Waals surface area contributed by atoms with Gasteiger partial charge >= 0.3 is 6.18 Å². The van der Waals surface area contributed by atoms with E-state index in [-0.39, 0.29) is 41.4 Å². The van der Waals surface area contributed by atoms with Crippen LogP contribution in [0.4, 0.5) is 13.2 Å². The van der Waals surface area contributed by atoms with Crippen LogP contribution in [0.5, 0.6) is 0 Å². The van der Waals surface area contributed by atoms with Crippen molar-refractivity contribution in [2.75, 3.05) is 20.3 Å². The zero-order valence-electron chi connectivity index (χ0n) is 14.4. The van der Waals surface area contributed by atoms with E-state index in [4.69, 9.17) is 10.5 Å². The Morgan fingerprint density at radius 2 is 2.08 bits per heavy atom. The van der Waals surface area contributed by atoms with E-state index >= 15 is 0 Å². The normalized spacial score (nSPS) is 18.0. The summed E-state index contributed by atoms with van der Waals surface area (Å²) in [5.41, 5.74) is 5.59. The van der Waals surface area contributed by atoms with Crippen molar-refractivity contribution < 1.29 is 17.9 Å². The lowest BCUT2D eigenvalue weighted by Crippen LogP contribution is -2.43. The van der Waals surface area contributed by atoms with Crippen LogP contribution in [0.3, 0.4) is 0 Å². The molecule has 0 radical (unpaired) electrons. The first kappa shape index (κ1) is 22.0. The summed E-state index contributed by atoms with van der Waals surface area (Å²) in [6.07, 6.45) is -1.71. The predicted octanol–water partition coefficient (Wildman–Crippen LogP) is 3.68. The average molecular weight is 471 g/mol. The van der Waals surface area contributed by atoms with E-state index in [9.17, 15) is 13.2 Å². The first-order chi connectivity index (χ1) is 11.3. The van der Waals surface area contributed by atoms with Gasteiger partial charge in [0.25, 0.3) is 0 Å². The maximum absolute atomic E-state index is 12.9. The van der Waals surface area contributed by atoms with Crippen molar-refractivity contribution in [1.29, 1.82) is 0 Å². The number of alkyl halides is 3. The van der Waals surface area contributed by atoms with Crippen molar-refractivity contribution in [3.05, 3.63) is 35.4 Å². The number of nitrogens with one attached hydrogen (secondary N) is 1. The highest BCUT2D eigenvalue weighted by Gasteiger charge is 2.40. The number of hydrogen-bond acceptors (Lipinski definition) is 2. The van der Waals surface area contributed by atoms with Crippen LogP contribution in [-0.4, -0.2) is 32.3 Å². The van der Waals surface area contributed by atoms with Gasteiger partial charge in [-0.25, -0.2) is 0 Å². The Hall–Kier alpha value is -1.03. The van der Waals surface area contributed by atoms with Crippen molar-refractivity contribution in [3.8, 4) is 0 Å². The van der Waals surface area contributed by atoms with E-state index in [0.717, 1.165) is 25.3 Å². The summed E-state index contributed by atoms with van der Waals surface area (Å²) in [4.78, 5) is 4.36. The Bertz CT molecular complexity index is 589. The molecule has 142 valence electrons. The standard InChI is InChI=1S/C17H24F3N3O.HI/c1-12(10-24-2)23-15(21)22-11-16(7-4-8-16)13-5-3-6-14(9-13)17(18,19)20;/h3,5-6,9,12H,4,7-8,10-11H2,1-2H3,(H3,21,22,23);1H. The van der Waals surface area contributed by atoms with Gasteiger partial charge in [-0.3, -0.25) is 4.99 Å². The Kier molecular flexibility index (Phi) is 7.98. The van der Waals surface area contributed by atoms with E-state index < -0.39 is 11.7 Å². The Morgan fingerprint density at radius 1 is 1.40 bits per heavy atom. The second-order valence-electron chi connectivity index (χ2n) is 6.41. The molecule has 1 saturated carbocycles. The summed E-state index contributed by atoms with van der Waals surface area (Å²) in [5, 5.41) is 3.01. The molecule has 3 N–H and O–H groups in total. The third-order valence-electron chi connectivity index (χ3n) is 4.48. The molecule has 0 amide bonds. The number of hydrogen-bond donors (Lipinski definition) is 2. The molecule has 0 bridgehead atoms. The molecule has 1 atom stereocenters. The largest absolute Gasteiger partial charge is 0.416 e. The highest BCUT2D eigenvalue weighted by Crippen LogP contribution is 2.45. The van der Waals surface area contributed by atoms with Crippen molar-refractivity contribution in [2.24, 2.45) is 10.7 Å². The van der Waals surface area contributed by atoms with Crippen molar-refractivity contribution in [3.63, 3.8) is 0 Å². The highest BCUT2D eigenvalue weighted by molar-refractivity contribution is 14.0. The van der Waals surface area contributed by atoms with Gasteiger partial charge in [-0.1, -0.05) is 24.6 Å². The van der Waals surface area contributed by atoms with Crippen LogP contribution >= 0.6 is 24.0 Å². The number of rotatable bonds is 6. The molecule has 1 fully saturated rings. The first-order valence-corrected chi connectivity index (χ1v) is 8.00. The minimum Gasteiger partial charge on any atom is -0.383 e. The predicted molar refractivity (Wildman–Crippen MR) is 103 cm³/mol. The molecular formula is C17H25F3IN3O. The molecule has 8 heteroatoms. The van der Waals surface area contributed by atoms with Gasteiger partial charge in [-0.2, -0.15) is 13.2 Å². The van der Waals surface area contributed by atoms with Crippen LogP contribution < -0.4 is 11.1 Å². The number of ether oxygens (including phenoxy) is 1. The topological polar surface area (TPSA) is 59.6 Å². The number of aliphatic imine (C=N–C) groups is 1. The SMILES string of the molecule is COCC(C)NC(N)=NCC1(c2cccc(C(F)(F)F)c2)CCC1.I. The van der Waals surface area contributed by atoms with E-state index in [1.54, 1.807) is 13.2 Å². The number of nitrogens with two attached hydrogens (primary N) is 1. The molecule has 1 aliphatic carbocycles. The molecule has 1 aliphatic rings. The van der Waals surface area contributed by atoms with E-state index in [2.05, 4.69) is 10.3 Å². The van der Waals surface area contributed by atoms with Gasteiger partial charge in [0.1, 0.15) is 0 Å². The molecule has 1 aromatic rings. The summed E-state index contributed by atoms with van der Waals surface area (Å²) < 4.78 is 43.8. The van der Waals surface area contributed by atoms with Crippen LogP contribution in [0.1, 0.15) is 37.3 Å². The van der Waals surface area contributed by atoms with Crippen LogP contribution in [0.15, 0.2) is 29.3 Å². The number of halogens is 4. The van der Waals surface area contributed by atoms with Crippen molar-refractivity contribution in [1.82, 2.24) is 5.32 Å². The molecule has 1 unspecified atom stereocenters. The summed E-state index contributed by atoms with van der Waals surface area (Å²) in [6.45, 7) is 2.79. The Balaban J connectivity index is 0.00000312. The van der Waals surface area contributed by atoms with Crippen molar-refractivity contribution in [2.45, 2.75) is 43.8 Å². The second-order valence-corrected chi connectivity index (χ2v) is 6.41. The minimum absolute atomic E-state index is 0. The molecule has 4 nitrogen and oxygen atoms in total. The minimum atomic E-state index is -4.33. The zero-order valence-corrected chi connectivity index (χ0v) is 16.7. The fourth-order valence-corrected chi connectivity index (χ4v) is 2.99. The van der Waals surface area contributed by atoms with Gasteiger partial charge in [0.2, 0.25) is 0 Å². The maximum Gasteiger partial charge on any atom is 0.416 e. The lowest BCUT2D eigenvalue weighted by molar-refractivity contribution is -0.137. The maximum atomic E-state index is 12.9. The molecule has 2 rings (SSSR count). The number of nitrogens with zero attached hydrogens (tertiary/aromatic N) is 1. The van der Waals surface area contributed by atoms with E-state index in [1.165, 1.54) is 12.1 Å². The monoisotopic (exact) mass is 471 g/mol. The number of methoxy groups -OCH3 is 1. The quantitative estimate of drug-likeness (QED) is 0.378. The molecule has 0 saturated heterocycles. The highest BCUT2D eigenvalue weighted by atomic mass is 127. The second kappa shape index (κ2) is 9.07. The van der Waals surface area contributed by atoms with Gasteiger partial charge in [0.15, 0.2) is 5.96 Å². The first-order valence-electron chi connectivity index (χ1n) is 8.00. The number of benzene rings is 1. The van der Waals surface area contributed by atoms with Crippen LogP contribution in [0.25, 0.3) is 0 Å². The molecule has 0 heterocycles. The average Bonchev–Trinajstić information content (AvgIpc) is 2.45. The molecule has 0 aliphatic heterocycles. The summed E-state index contributed by atoms with van der Waals surface area (Å²) >= 11 is 0. The lowest BCUT2D eigenvalue weighted by Gasteiger charge is -2.41. The van der Waals surface area contributed by atoms with E-state index in [0.29, 0.717) is 18.7 Å². The lowest BCUT2D eigenvalue weighted by atomic mass is 9.64. The Labute approximate surface area is 163 Å². The molecular weight excluding hydrogens is 446 g/mol. The van der Waals surface area contributed by atoms with Gasteiger partial charge in [-0.15, -0.1) is 24.0 Å². The number of guanidine groups is 1. The summed E-state index contributed by atoms with van der Waals surface area (Å²) in [5.74, 6) is 0.290. The molecule has 0 aromatic heterocycles. The Morgan fingerprint density at radius 3 is 2.60 bits per heavy atom. The third kappa shape index (κ3) is 5.73. The van der Waals surface area contributed by atoms with Gasteiger partial charge < -0.3 is 15.8 Å². The van der Waals surface area contributed by atoms with Crippen LogP contribution in [0.2, 0.25) is 0 Å². The van der Waals surface area contributed by atoms with Gasteiger partial charge in [-0.05, 0) is 31.4 Å². The molecule has 1 aromatic carbocycles. The van der Waals surface area contributed by atoms with E-state index in [1.807, 2.05) is 6.92 Å². The third-order valence-corrected chi connectivity index (χ3v) is 4.48. The van der Waals surface area contributed by atoms with Crippen LogP contribution in [0, 0.1) is 0 Å². The fraction of sp³-hybridized carbons (Fsp3) is 0.588. The van der Waals surface area contributed by atoms with Gasteiger partial charge in [0, 0.05) is 18.6 Å². The summed E-state index contributed by atoms with van der Waals surface area (Å²) in [6, 6.07) is 5.57. The zero-order chi connectivity index (χ0) is 17.8. The van der Waals surface area contributed by atoms with Gasteiger partial charge in [0.05, 0.1) is 18.7 Å². The van der Waals surface area contributed by atoms with Crippen molar-refractivity contribution >= 4 is 29.9 Å². The fourth-order valence-electron chi connectivity index (χ4n) is 2.99. The van der Waals surface area contributed by atoms with Crippen LogP contribution in [-0.2, 0) is 16.3 Å². The molecule has 0 spiro atoms. The smallest absolute Gasteiger partial charge is 0.383 e. The molecule has 25 heavy (non-hydrogen) atoms.